The summed E-state index contributed by atoms with van der Waals surface area (Å²) in [6, 6.07) is 7.73. The third kappa shape index (κ3) is 2.55. The normalized spacial score (nSPS) is 10.8. The van der Waals surface area contributed by atoms with Crippen LogP contribution in [-0.2, 0) is 0 Å². The highest BCUT2D eigenvalue weighted by Gasteiger charge is 2.10. The molecule has 0 aliphatic heterocycles. The summed E-state index contributed by atoms with van der Waals surface area (Å²) in [6.07, 6.45) is 0. The van der Waals surface area contributed by atoms with Crippen LogP contribution in [0.4, 0.5) is 0 Å². The number of aryl methyl sites for hydroxylation is 2. The highest BCUT2D eigenvalue weighted by molar-refractivity contribution is 7.71. The molecule has 2 aromatic heterocycles. The Morgan fingerprint density at radius 1 is 1.10 bits per heavy atom. The average Bonchev–Trinajstić information content (AvgIpc) is 2.89. The van der Waals surface area contributed by atoms with Crippen molar-refractivity contribution in [3.63, 3.8) is 0 Å². The minimum absolute atomic E-state index is 0.300. The van der Waals surface area contributed by atoms with Crippen molar-refractivity contribution in [2.24, 2.45) is 0 Å². The van der Waals surface area contributed by atoms with Crippen LogP contribution in [0.15, 0.2) is 29.1 Å². The van der Waals surface area contributed by atoms with Crippen LogP contribution in [0.3, 0.4) is 0 Å². The first-order chi connectivity index (χ1) is 10.0. The number of nitrogens with one attached hydrogen (secondary N) is 3. The first-order valence-electron chi connectivity index (χ1n) is 6.37. The maximum absolute atomic E-state index is 11.9. The Kier molecular flexibility index (Phi) is 3.26. The molecule has 0 amide bonds. The number of benzene rings is 1. The quantitative estimate of drug-likeness (QED) is 0.634. The molecule has 0 fully saturated rings. The molecule has 2 heterocycles. The number of hydrogen-bond acceptors (Lipinski definition) is 4. The molecular formula is C14H13N5OS. The van der Waals surface area contributed by atoms with Crippen molar-refractivity contribution in [2.75, 3.05) is 0 Å². The fourth-order valence-electron chi connectivity index (χ4n) is 2.03. The molecule has 6 nitrogen and oxygen atoms in total. The Balaban J connectivity index is 2.15. The van der Waals surface area contributed by atoms with Gasteiger partial charge >= 0.3 is 0 Å². The molecule has 0 saturated heterocycles. The molecule has 0 aliphatic rings. The van der Waals surface area contributed by atoms with Crippen molar-refractivity contribution < 1.29 is 0 Å². The summed E-state index contributed by atoms with van der Waals surface area (Å²) in [7, 11) is 0. The molecule has 0 aliphatic carbocycles. The van der Waals surface area contributed by atoms with E-state index in [1.807, 2.05) is 25.1 Å². The summed E-state index contributed by atoms with van der Waals surface area (Å²) >= 11 is 4.91. The smallest absolute Gasteiger partial charge is 0.275 e. The molecule has 0 unspecified atom stereocenters. The van der Waals surface area contributed by atoms with Gasteiger partial charge in [-0.1, -0.05) is 12.1 Å². The molecule has 3 aromatic rings. The molecular weight excluding hydrogens is 286 g/mol. The lowest BCUT2D eigenvalue weighted by Gasteiger charge is -2.05. The highest BCUT2D eigenvalue weighted by atomic mass is 32.1. The summed E-state index contributed by atoms with van der Waals surface area (Å²) in [5, 5.41) is 12.0. The van der Waals surface area contributed by atoms with Gasteiger partial charge in [-0.2, -0.15) is 10.1 Å². The van der Waals surface area contributed by atoms with Crippen molar-refractivity contribution in [1.29, 1.82) is 0 Å². The van der Waals surface area contributed by atoms with Crippen molar-refractivity contribution in [2.45, 2.75) is 13.8 Å². The summed E-state index contributed by atoms with van der Waals surface area (Å²) in [5.41, 5.74) is 4.06. The molecule has 3 rings (SSSR count). The molecule has 106 valence electrons. The van der Waals surface area contributed by atoms with Crippen LogP contribution < -0.4 is 5.56 Å². The summed E-state index contributed by atoms with van der Waals surface area (Å²) in [4.78, 5) is 16.0. The van der Waals surface area contributed by atoms with Crippen LogP contribution in [0, 0.1) is 18.6 Å². The third-order valence-electron chi connectivity index (χ3n) is 3.36. The Labute approximate surface area is 125 Å². The van der Waals surface area contributed by atoms with Gasteiger partial charge in [0.1, 0.15) is 0 Å². The maximum atomic E-state index is 11.9. The van der Waals surface area contributed by atoms with E-state index < -0.39 is 0 Å². The van der Waals surface area contributed by atoms with Crippen molar-refractivity contribution in [1.82, 2.24) is 25.4 Å². The van der Waals surface area contributed by atoms with E-state index in [0.717, 1.165) is 5.56 Å². The predicted octanol–water partition coefficient (Wildman–Crippen LogP) is 2.50. The van der Waals surface area contributed by atoms with Gasteiger partial charge in [0, 0.05) is 5.56 Å². The van der Waals surface area contributed by atoms with Crippen LogP contribution >= 0.6 is 12.2 Å². The zero-order valence-corrected chi connectivity index (χ0v) is 12.3. The van der Waals surface area contributed by atoms with Gasteiger partial charge in [-0.3, -0.25) is 15.0 Å². The van der Waals surface area contributed by atoms with E-state index >= 15 is 0 Å². The highest BCUT2D eigenvalue weighted by Crippen LogP contribution is 2.21. The van der Waals surface area contributed by atoms with E-state index in [1.165, 1.54) is 11.1 Å². The second-order valence-corrected chi connectivity index (χ2v) is 5.20. The van der Waals surface area contributed by atoms with Crippen molar-refractivity contribution in [3.05, 3.63) is 50.5 Å². The summed E-state index contributed by atoms with van der Waals surface area (Å²) < 4.78 is 0.300. The minimum Gasteiger partial charge on any atom is -0.281 e. The molecule has 3 N–H and O–H groups in total. The molecule has 0 spiro atoms. The Bertz CT molecular complexity index is 921. The van der Waals surface area contributed by atoms with Crippen molar-refractivity contribution in [3.8, 4) is 22.6 Å². The van der Waals surface area contributed by atoms with Crippen LogP contribution in [0.1, 0.15) is 11.1 Å². The van der Waals surface area contributed by atoms with Gasteiger partial charge in [0.25, 0.3) is 5.56 Å². The van der Waals surface area contributed by atoms with E-state index in [9.17, 15) is 4.79 Å². The standard InChI is InChI=1S/C14H13N5OS/c1-7-3-4-9(5-8(7)2)11-6-10(13(20)18-16-11)12-15-14(21)19-17-12/h3-6H,1-2H3,(H,18,20)(H2,15,17,19,21). The molecule has 1 aromatic carbocycles. The first-order valence-corrected chi connectivity index (χ1v) is 6.78. The first kappa shape index (κ1) is 13.4. The van der Waals surface area contributed by atoms with Crippen molar-refractivity contribution >= 4 is 12.2 Å². The van der Waals surface area contributed by atoms with Gasteiger partial charge in [-0.15, -0.1) is 0 Å². The minimum atomic E-state index is -0.319. The van der Waals surface area contributed by atoms with E-state index in [1.54, 1.807) is 6.07 Å². The van der Waals surface area contributed by atoms with Crippen LogP contribution in [-0.4, -0.2) is 25.4 Å². The lowest BCUT2D eigenvalue weighted by molar-refractivity contribution is 0.989. The number of nitrogens with zero attached hydrogens (tertiary/aromatic N) is 2. The molecule has 0 atom stereocenters. The maximum Gasteiger partial charge on any atom is 0.275 e. The molecule has 7 heteroatoms. The topological polar surface area (TPSA) is 90.2 Å². The molecule has 0 radical (unpaired) electrons. The van der Waals surface area contributed by atoms with Gasteiger partial charge in [0.15, 0.2) is 5.82 Å². The Hall–Kier alpha value is -2.54. The zero-order valence-electron chi connectivity index (χ0n) is 11.5. The lowest BCUT2D eigenvalue weighted by Crippen LogP contribution is -2.12. The number of aromatic amines is 3. The third-order valence-corrected chi connectivity index (χ3v) is 3.56. The molecule has 21 heavy (non-hydrogen) atoms. The second-order valence-electron chi connectivity index (χ2n) is 4.81. The van der Waals surface area contributed by atoms with Gasteiger partial charge in [0.05, 0.1) is 11.3 Å². The van der Waals surface area contributed by atoms with Gasteiger partial charge in [0.2, 0.25) is 4.77 Å². The summed E-state index contributed by atoms with van der Waals surface area (Å²) in [5.74, 6) is 0.397. The summed E-state index contributed by atoms with van der Waals surface area (Å²) in [6.45, 7) is 4.09. The van der Waals surface area contributed by atoms with E-state index in [4.69, 9.17) is 12.2 Å². The number of H-pyrrole nitrogens is 3. The fraction of sp³-hybridized carbons (Fsp3) is 0.143. The van der Waals surface area contributed by atoms with E-state index in [2.05, 4.69) is 32.3 Å². The number of rotatable bonds is 2. The number of hydrogen-bond donors (Lipinski definition) is 3. The van der Waals surface area contributed by atoms with Crippen LogP contribution in [0.2, 0.25) is 0 Å². The monoisotopic (exact) mass is 299 g/mol. The van der Waals surface area contributed by atoms with E-state index in [-0.39, 0.29) is 5.56 Å². The molecule has 0 bridgehead atoms. The van der Waals surface area contributed by atoms with Gasteiger partial charge in [-0.05, 0) is 49.3 Å². The second kappa shape index (κ2) is 5.10. The van der Waals surface area contributed by atoms with Gasteiger partial charge in [-0.25, -0.2) is 5.10 Å². The largest absolute Gasteiger partial charge is 0.281 e. The van der Waals surface area contributed by atoms with E-state index in [0.29, 0.717) is 21.9 Å². The van der Waals surface area contributed by atoms with Crippen LogP contribution in [0.25, 0.3) is 22.6 Å². The SMILES string of the molecule is Cc1ccc(-c2cc(-c3nc(=S)[nH][nH]3)c(=O)[nH]n2)cc1C. The predicted molar refractivity (Wildman–Crippen MR) is 82.5 cm³/mol. The zero-order chi connectivity index (χ0) is 15.0. The molecule has 0 saturated carbocycles. The average molecular weight is 299 g/mol. The number of aromatic nitrogens is 5. The Morgan fingerprint density at radius 3 is 2.57 bits per heavy atom. The fourth-order valence-corrected chi connectivity index (χ4v) is 2.17. The van der Waals surface area contributed by atoms with Crippen LogP contribution in [0.5, 0.6) is 0 Å². The Morgan fingerprint density at radius 2 is 1.90 bits per heavy atom. The lowest BCUT2D eigenvalue weighted by atomic mass is 10.0. The van der Waals surface area contributed by atoms with Gasteiger partial charge < -0.3 is 0 Å².